The molecule has 0 bridgehead atoms. The van der Waals surface area contributed by atoms with Crippen LogP contribution in [-0.4, -0.2) is 25.2 Å². The number of rotatable bonds is 8. The Bertz CT molecular complexity index is 941. The lowest BCUT2D eigenvalue weighted by Gasteiger charge is -2.19. The molecule has 0 N–H and O–H groups in total. The summed E-state index contributed by atoms with van der Waals surface area (Å²) in [5.74, 6) is 2.77. The minimum atomic E-state index is 0.0173. The summed E-state index contributed by atoms with van der Waals surface area (Å²) in [4.78, 5) is 8.20. The highest BCUT2D eigenvalue weighted by Gasteiger charge is 2.13. The van der Waals surface area contributed by atoms with Crippen LogP contribution in [0.5, 0.6) is 5.75 Å². The Balaban J connectivity index is 1.44. The van der Waals surface area contributed by atoms with E-state index in [1.807, 2.05) is 71.2 Å². The minimum Gasteiger partial charge on any atom is -0.489 e. The number of aromatic nitrogens is 4. The molecule has 0 saturated heterocycles. The molecule has 27 heavy (non-hydrogen) atoms. The van der Waals surface area contributed by atoms with E-state index in [0.29, 0.717) is 0 Å². The fourth-order valence-electron chi connectivity index (χ4n) is 3.04. The van der Waals surface area contributed by atoms with Gasteiger partial charge in [-0.05, 0) is 49.7 Å². The Morgan fingerprint density at radius 1 is 1.00 bits per heavy atom. The molecule has 3 aromatic heterocycles. The second-order valence-corrected chi connectivity index (χ2v) is 6.51. The predicted molar refractivity (Wildman–Crippen MR) is 102 cm³/mol. The van der Waals surface area contributed by atoms with Gasteiger partial charge >= 0.3 is 0 Å². The van der Waals surface area contributed by atoms with Crippen LogP contribution in [-0.2, 0) is 13.0 Å². The van der Waals surface area contributed by atoms with Crippen molar-refractivity contribution in [1.82, 2.24) is 19.1 Å². The third kappa shape index (κ3) is 4.47. The molecule has 1 aromatic carbocycles. The highest BCUT2D eigenvalue weighted by Crippen LogP contribution is 2.19. The zero-order chi connectivity index (χ0) is 18.5. The number of imidazole rings is 2. The van der Waals surface area contributed by atoms with Crippen molar-refractivity contribution in [3.8, 4) is 11.4 Å². The van der Waals surface area contributed by atoms with Gasteiger partial charge in [-0.3, -0.25) is 0 Å². The van der Waals surface area contributed by atoms with Gasteiger partial charge in [0.05, 0.1) is 19.2 Å². The third-order valence-electron chi connectivity index (χ3n) is 4.42. The summed E-state index contributed by atoms with van der Waals surface area (Å²) in [5, 5.41) is 0. The van der Waals surface area contributed by atoms with Gasteiger partial charge in [0.15, 0.2) is 0 Å². The molecule has 3 heterocycles. The van der Waals surface area contributed by atoms with E-state index in [1.54, 1.807) is 18.7 Å². The molecule has 0 aliphatic heterocycles. The smallest absolute Gasteiger partial charge is 0.119 e. The van der Waals surface area contributed by atoms with Gasteiger partial charge in [-0.2, -0.15) is 0 Å². The summed E-state index contributed by atoms with van der Waals surface area (Å²) >= 11 is 0. The summed E-state index contributed by atoms with van der Waals surface area (Å²) in [5.41, 5.74) is 1.05. The first-order valence-corrected chi connectivity index (χ1v) is 9.02. The van der Waals surface area contributed by atoms with Gasteiger partial charge in [-0.15, -0.1) is 0 Å². The number of ether oxygens (including phenoxy) is 1. The van der Waals surface area contributed by atoms with Crippen molar-refractivity contribution in [2.45, 2.75) is 32.4 Å². The lowest BCUT2D eigenvalue weighted by Crippen LogP contribution is -2.23. The van der Waals surface area contributed by atoms with Gasteiger partial charge in [0, 0.05) is 36.9 Å². The van der Waals surface area contributed by atoms with Crippen molar-refractivity contribution in [3.63, 3.8) is 0 Å². The highest BCUT2D eigenvalue weighted by molar-refractivity contribution is 5.37. The fraction of sp³-hybridized carbons (Fsp3) is 0.238. The maximum Gasteiger partial charge on any atom is 0.119 e. The van der Waals surface area contributed by atoms with E-state index in [-0.39, 0.29) is 6.10 Å². The lowest BCUT2D eigenvalue weighted by molar-refractivity contribution is 0.168. The maximum absolute atomic E-state index is 6.27. The average molecular weight is 362 g/mol. The van der Waals surface area contributed by atoms with Crippen molar-refractivity contribution in [1.29, 1.82) is 0 Å². The summed E-state index contributed by atoms with van der Waals surface area (Å²) in [7, 11) is 0. The molecule has 0 fully saturated rings. The molecular formula is C21H22N4O2. The SMILES string of the molecule is Cc1ccc(CCC(Cn2ccnc2)Oc2ccc(-n3ccnc3)cc2)o1. The largest absolute Gasteiger partial charge is 0.489 e. The van der Waals surface area contributed by atoms with E-state index in [9.17, 15) is 0 Å². The summed E-state index contributed by atoms with van der Waals surface area (Å²) in [6.07, 6.45) is 12.7. The van der Waals surface area contributed by atoms with Gasteiger partial charge in [0.2, 0.25) is 0 Å². The highest BCUT2D eigenvalue weighted by atomic mass is 16.5. The van der Waals surface area contributed by atoms with E-state index in [0.717, 1.165) is 42.3 Å². The van der Waals surface area contributed by atoms with Crippen LogP contribution >= 0.6 is 0 Å². The van der Waals surface area contributed by atoms with Crippen molar-refractivity contribution in [2.75, 3.05) is 0 Å². The minimum absolute atomic E-state index is 0.0173. The second kappa shape index (κ2) is 7.95. The Morgan fingerprint density at radius 3 is 2.48 bits per heavy atom. The standard InChI is InChI=1S/C21H22N4O2/c1-17-2-5-19(26-17)8-9-21(14-24-12-10-22-15-24)27-20-6-3-18(4-7-20)25-13-11-23-16-25/h2-7,10-13,15-16,21H,8-9,14H2,1H3. The molecule has 6 heteroatoms. The zero-order valence-electron chi connectivity index (χ0n) is 15.2. The Morgan fingerprint density at radius 2 is 1.81 bits per heavy atom. The van der Waals surface area contributed by atoms with Gasteiger partial charge in [0.1, 0.15) is 23.4 Å². The molecular weight excluding hydrogens is 340 g/mol. The molecule has 1 atom stereocenters. The first-order chi connectivity index (χ1) is 13.3. The van der Waals surface area contributed by atoms with E-state index >= 15 is 0 Å². The van der Waals surface area contributed by atoms with Crippen LogP contribution in [0.1, 0.15) is 17.9 Å². The van der Waals surface area contributed by atoms with Gasteiger partial charge < -0.3 is 18.3 Å². The summed E-state index contributed by atoms with van der Waals surface area (Å²) in [6.45, 7) is 2.70. The zero-order valence-corrected chi connectivity index (χ0v) is 15.2. The van der Waals surface area contributed by atoms with Crippen LogP contribution in [0.15, 0.2) is 78.3 Å². The Kier molecular flexibility index (Phi) is 5.05. The molecule has 4 aromatic rings. The first kappa shape index (κ1) is 17.1. The normalized spacial score (nSPS) is 12.2. The molecule has 0 saturated carbocycles. The first-order valence-electron chi connectivity index (χ1n) is 9.02. The molecule has 1 unspecified atom stereocenters. The molecule has 0 radical (unpaired) electrons. The number of aryl methyl sites for hydroxylation is 2. The Hall–Kier alpha value is -3.28. The van der Waals surface area contributed by atoms with Crippen molar-refractivity contribution in [2.24, 2.45) is 0 Å². The van der Waals surface area contributed by atoms with Gasteiger partial charge in [-0.25, -0.2) is 9.97 Å². The van der Waals surface area contributed by atoms with Crippen molar-refractivity contribution in [3.05, 3.63) is 85.4 Å². The summed E-state index contributed by atoms with van der Waals surface area (Å²) in [6, 6.07) is 12.1. The number of hydrogen-bond acceptors (Lipinski definition) is 4. The Labute approximate surface area is 158 Å². The molecule has 0 amide bonds. The maximum atomic E-state index is 6.27. The summed E-state index contributed by atoms with van der Waals surface area (Å²) < 4.78 is 16.0. The van der Waals surface area contributed by atoms with Crippen LogP contribution in [0, 0.1) is 6.92 Å². The van der Waals surface area contributed by atoms with Crippen LogP contribution in [0.25, 0.3) is 5.69 Å². The number of benzene rings is 1. The van der Waals surface area contributed by atoms with Crippen LogP contribution in [0.2, 0.25) is 0 Å². The van der Waals surface area contributed by atoms with Crippen LogP contribution in [0.4, 0.5) is 0 Å². The quantitative estimate of drug-likeness (QED) is 0.474. The monoisotopic (exact) mass is 362 g/mol. The van der Waals surface area contributed by atoms with E-state index < -0.39 is 0 Å². The van der Waals surface area contributed by atoms with Crippen LogP contribution < -0.4 is 4.74 Å². The average Bonchev–Trinajstić information content (AvgIpc) is 3.44. The number of furan rings is 1. The molecule has 0 aliphatic carbocycles. The van der Waals surface area contributed by atoms with E-state index in [4.69, 9.17) is 9.15 Å². The van der Waals surface area contributed by atoms with E-state index in [1.165, 1.54) is 0 Å². The van der Waals surface area contributed by atoms with Gasteiger partial charge in [-0.1, -0.05) is 0 Å². The van der Waals surface area contributed by atoms with Gasteiger partial charge in [0.25, 0.3) is 0 Å². The second-order valence-electron chi connectivity index (χ2n) is 6.51. The molecule has 4 rings (SSSR count). The van der Waals surface area contributed by atoms with Crippen molar-refractivity contribution < 1.29 is 9.15 Å². The molecule has 138 valence electrons. The molecule has 6 nitrogen and oxygen atoms in total. The van der Waals surface area contributed by atoms with Crippen LogP contribution in [0.3, 0.4) is 0 Å². The molecule has 0 aliphatic rings. The fourth-order valence-corrected chi connectivity index (χ4v) is 3.04. The predicted octanol–water partition coefficient (Wildman–Crippen LogP) is 4.05. The molecule has 0 spiro atoms. The number of hydrogen-bond donors (Lipinski definition) is 0. The third-order valence-corrected chi connectivity index (χ3v) is 4.42. The topological polar surface area (TPSA) is 58.0 Å². The number of nitrogens with zero attached hydrogens (tertiary/aromatic N) is 4. The van der Waals surface area contributed by atoms with E-state index in [2.05, 4.69) is 9.97 Å². The van der Waals surface area contributed by atoms with Crippen molar-refractivity contribution >= 4 is 0 Å². The lowest BCUT2D eigenvalue weighted by atomic mass is 10.1.